The Bertz CT molecular complexity index is 553. The van der Waals surface area contributed by atoms with Gasteiger partial charge in [0.15, 0.2) is 0 Å². The molecule has 1 N–H and O–H groups in total. The number of hydrogen-bond acceptors (Lipinski definition) is 1. The van der Waals surface area contributed by atoms with Crippen LogP contribution in [0.1, 0.15) is 49.1 Å². The van der Waals surface area contributed by atoms with Gasteiger partial charge in [-0.25, -0.2) is 0 Å². The van der Waals surface area contributed by atoms with Crippen LogP contribution in [0, 0.1) is 0 Å². The fraction of sp³-hybridized carbons (Fsp3) is 0.368. The second kappa shape index (κ2) is 7.13. The van der Waals surface area contributed by atoms with E-state index < -0.39 is 0 Å². The lowest BCUT2D eigenvalue weighted by atomic mass is 9.84. The van der Waals surface area contributed by atoms with E-state index in [1.807, 2.05) is 0 Å². The zero-order chi connectivity index (χ0) is 14.5. The minimum Gasteiger partial charge on any atom is -0.381 e. The van der Waals surface area contributed by atoms with Crippen LogP contribution in [0.3, 0.4) is 0 Å². The summed E-state index contributed by atoms with van der Waals surface area (Å²) < 4.78 is 1.12. The van der Waals surface area contributed by atoms with Crippen molar-refractivity contribution in [2.75, 3.05) is 5.32 Å². The number of anilines is 1. The Balaban J connectivity index is 1.57. The first-order valence-electron chi connectivity index (χ1n) is 7.89. The quantitative estimate of drug-likeness (QED) is 0.706. The van der Waals surface area contributed by atoms with Crippen LogP contribution < -0.4 is 5.32 Å². The van der Waals surface area contributed by atoms with Crippen molar-refractivity contribution in [3.8, 4) is 0 Å². The monoisotopic (exact) mass is 343 g/mol. The standard InChI is InChI=1S/C19H22BrN/c20-18-10-12-19(13-11-18)21-14-15-6-8-17(9-7-15)16-4-2-1-3-5-16/h6-13,16,21H,1-5,14H2. The third-order valence-electron chi connectivity index (χ3n) is 4.40. The smallest absolute Gasteiger partial charge is 0.0400 e. The van der Waals surface area contributed by atoms with Gasteiger partial charge < -0.3 is 5.32 Å². The van der Waals surface area contributed by atoms with Crippen molar-refractivity contribution in [3.05, 3.63) is 64.1 Å². The van der Waals surface area contributed by atoms with Crippen LogP contribution in [-0.4, -0.2) is 0 Å². The van der Waals surface area contributed by atoms with Gasteiger partial charge in [0, 0.05) is 16.7 Å². The highest BCUT2D eigenvalue weighted by Gasteiger charge is 2.14. The summed E-state index contributed by atoms with van der Waals surface area (Å²) >= 11 is 3.46. The molecule has 110 valence electrons. The summed E-state index contributed by atoms with van der Waals surface area (Å²) in [6.45, 7) is 0.882. The second-order valence-electron chi connectivity index (χ2n) is 5.94. The van der Waals surface area contributed by atoms with E-state index in [2.05, 4.69) is 69.8 Å². The van der Waals surface area contributed by atoms with Crippen LogP contribution in [0.4, 0.5) is 5.69 Å². The van der Waals surface area contributed by atoms with Gasteiger partial charge in [-0.3, -0.25) is 0 Å². The zero-order valence-corrected chi connectivity index (χ0v) is 13.9. The Kier molecular flexibility index (Phi) is 4.97. The van der Waals surface area contributed by atoms with Gasteiger partial charge in [0.1, 0.15) is 0 Å². The molecule has 0 spiro atoms. The van der Waals surface area contributed by atoms with E-state index in [1.165, 1.54) is 43.2 Å². The number of halogens is 1. The highest BCUT2D eigenvalue weighted by atomic mass is 79.9. The third-order valence-corrected chi connectivity index (χ3v) is 4.93. The predicted octanol–water partition coefficient (Wildman–Crippen LogP) is 6.11. The molecule has 0 unspecified atom stereocenters. The van der Waals surface area contributed by atoms with Crippen LogP contribution in [0.25, 0.3) is 0 Å². The summed E-state index contributed by atoms with van der Waals surface area (Å²) in [7, 11) is 0. The minimum atomic E-state index is 0.798. The van der Waals surface area contributed by atoms with Crippen molar-refractivity contribution in [2.24, 2.45) is 0 Å². The molecular formula is C19H22BrN. The van der Waals surface area contributed by atoms with E-state index >= 15 is 0 Å². The van der Waals surface area contributed by atoms with E-state index in [1.54, 1.807) is 0 Å². The van der Waals surface area contributed by atoms with E-state index in [0.29, 0.717) is 0 Å². The van der Waals surface area contributed by atoms with Gasteiger partial charge in [-0.05, 0) is 54.2 Å². The molecule has 1 aliphatic carbocycles. The lowest BCUT2D eigenvalue weighted by molar-refractivity contribution is 0.443. The molecule has 1 nitrogen and oxygen atoms in total. The maximum Gasteiger partial charge on any atom is 0.0400 e. The highest BCUT2D eigenvalue weighted by Crippen LogP contribution is 2.32. The molecule has 1 aliphatic rings. The Morgan fingerprint density at radius 2 is 1.52 bits per heavy atom. The highest BCUT2D eigenvalue weighted by molar-refractivity contribution is 9.10. The SMILES string of the molecule is Brc1ccc(NCc2ccc(C3CCCCC3)cc2)cc1. The fourth-order valence-electron chi connectivity index (χ4n) is 3.12. The van der Waals surface area contributed by atoms with Crippen molar-refractivity contribution < 1.29 is 0 Å². The molecule has 0 heterocycles. The van der Waals surface area contributed by atoms with Gasteiger partial charge in [-0.2, -0.15) is 0 Å². The zero-order valence-electron chi connectivity index (χ0n) is 12.3. The van der Waals surface area contributed by atoms with Crippen LogP contribution in [0.15, 0.2) is 53.0 Å². The van der Waals surface area contributed by atoms with Crippen molar-refractivity contribution >= 4 is 21.6 Å². The van der Waals surface area contributed by atoms with Crippen molar-refractivity contribution in [1.82, 2.24) is 0 Å². The largest absolute Gasteiger partial charge is 0.381 e. The van der Waals surface area contributed by atoms with Gasteiger partial charge in [-0.15, -0.1) is 0 Å². The molecule has 0 atom stereocenters. The van der Waals surface area contributed by atoms with Crippen LogP contribution >= 0.6 is 15.9 Å². The number of rotatable bonds is 4. The molecule has 2 heteroatoms. The topological polar surface area (TPSA) is 12.0 Å². The molecule has 0 radical (unpaired) electrons. The van der Waals surface area contributed by atoms with Crippen molar-refractivity contribution in [3.63, 3.8) is 0 Å². The summed E-state index contributed by atoms with van der Waals surface area (Å²) in [5.74, 6) is 0.798. The van der Waals surface area contributed by atoms with Gasteiger partial charge in [0.05, 0.1) is 0 Å². The maximum absolute atomic E-state index is 3.47. The Morgan fingerprint density at radius 3 is 2.19 bits per heavy atom. The van der Waals surface area contributed by atoms with E-state index in [0.717, 1.165) is 22.6 Å². The van der Waals surface area contributed by atoms with Gasteiger partial charge in [0.25, 0.3) is 0 Å². The number of hydrogen-bond donors (Lipinski definition) is 1. The van der Waals surface area contributed by atoms with E-state index in [4.69, 9.17) is 0 Å². The molecular weight excluding hydrogens is 322 g/mol. The van der Waals surface area contributed by atoms with E-state index in [-0.39, 0.29) is 0 Å². The van der Waals surface area contributed by atoms with Gasteiger partial charge >= 0.3 is 0 Å². The number of benzene rings is 2. The van der Waals surface area contributed by atoms with E-state index in [9.17, 15) is 0 Å². The first kappa shape index (κ1) is 14.6. The Morgan fingerprint density at radius 1 is 0.857 bits per heavy atom. The maximum atomic E-state index is 3.47. The van der Waals surface area contributed by atoms with Gasteiger partial charge in [0.2, 0.25) is 0 Å². The Hall–Kier alpha value is -1.28. The van der Waals surface area contributed by atoms with Crippen LogP contribution in [-0.2, 0) is 6.54 Å². The molecule has 0 saturated heterocycles. The molecule has 3 rings (SSSR count). The lowest BCUT2D eigenvalue weighted by Crippen LogP contribution is -2.05. The molecule has 0 amide bonds. The molecule has 0 aliphatic heterocycles. The molecule has 2 aromatic rings. The van der Waals surface area contributed by atoms with Gasteiger partial charge in [-0.1, -0.05) is 59.5 Å². The van der Waals surface area contributed by atoms with Crippen LogP contribution in [0.2, 0.25) is 0 Å². The molecule has 2 aromatic carbocycles. The lowest BCUT2D eigenvalue weighted by Gasteiger charge is -2.22. The molecule has 0 bridgehead atoms. The number of nitrogens with one attached hydrogen (secondary N) is 1. The van der Waals surface area contributed by atoms with Crippen LogP contribution in [0.5, 0.6) is 0 Å². The summed E-state index contributed by atoms with van der Waals surface area (Å²) in [6, 6.07) is 17.5. The molecule has 1 saturated carbocycles. The molecule has 21 heavy (non-hydrogen) atoms. The summed E-state index contributed by atoms with van der Waals surface area (Å²) in [5, 5.41) is 3.47. The summed E-state index contributed by atoms with van der Waals surface area (Å²) in [6.07, 6.45) is 6.97. The predicted molar refractivity (Wildman–Crippen MR) is 93.7 cm³/mol. The minimum absolute atomic E-state index is 0.798. The average molecular weight is 344 g/mol. The first-order chi connectivity index (χ1) is 10.3. The third kappa shape index (κ3) is 4.10. The van der Waals surface area contributed by atoms with Crippen molar-refractivity contribution in [2.45, 2.75) is 44.6 Å². The molecule has 1 fully saturated rings. The summed E-state index contributed by atoms with van der Waals surface area (Å²) in [4.78, 5) is 0. The molecule has 0 aromatic heterocycles. The Labute approximate surface area is 135 Å². The average Bonchev–Trinajstić information content (AvgIpc) is 2.56. The fourth-order valence-corrected chi connectivity index (χ4v) is 3.38. The normalized spacial score (nSPS) is 15.9. The summed E-state index contributed by atoms with van der Waals surface area (Å²) in [5.41, 5.74) is 4.04. The second-order valence-corrected chi connectivity index (χ2v) is 6.85. The van der Waals surface area contributed by atoms with Crippen molar-refractivity contribution in [1.29, 1.82) is 0 Å². The first-order valence-corrected chi connectivity index (χ1v) is 8.69.